The van der Waals surface area contributed by atoms with E-state index in [0.29, 0.717) is 25.7 Å². The Morgan fingerprint density at radius 1 is 1.32 bits per heavy atom. The second-order valence-electron chi connectivity index (χ2n) is 5.94. The first kappa shape index (κ1) is 16.8. The van der Waals surface area contributed by atoms with Crippen LogP contribution in [-0.2, 0) is 9.53 Å². The minimum atomic E-state index is -0.0990. The molecule has 0 aromatic heterocycles. The molecule has 0 saturated carbocycles. The van der Waals surface area contributed by atoms with E-state index in [1.807, 2.05) is 30.3 Å². The van der Waals surface area contributed by atoms with E-state index in [2.05, 4.69) is 11.8 Å². The van der Waals surface area contributed by atoms with E-state index in [4.69, 9.17) is 9.47 Å². The Labute approximate surface area is 133 Å². The van der Waals surface area contributed by atoms with Crippen molar-refractivity contribution in [1.82, 2.24) is 4.90 Å². The molecule has 1 aliphatic rings. The minimum Gasteiger partial charge on any atom is -0.493 e. The molecule has 1 aromatic rings. The van der Waals surface area contributed by atoms with Crippen LogP contribution < -0.4 is 4.74 Å². The largest absolute Gasteiger partial charge is 0.493 e. The van der Waals surface area contributed by atoms with E-state index in [9.17, 15) is 4.79 Å². The van der Waals surface area contributed by atoms with Crippen molar-refractivity contribution < 1.29 is 14.3 Å². The van der Waals surface area contributed by atoms with E-state index in [1.54, 1.807) is 0 Å². The maximum Gasteiger partial charge on any atom is 0.320 e. The number of unbranched alkanes of at least 4 members (excludes halogenated alkanes) is 1. The summed E-state index contributed by atoms with van der Waals surface area (Å²) in [5.41, 5.74) is 0. The fourth-order valence-corrected chi connectivity index (χ4v) is 2.72. The van der Waals surface area contributed by atoms with Crippen LogP contribution in [0.4, 0.5) is 0 Å². The van der Waals surface area contributed by atoms with Gasteiger partial charge in [0.15, 0.2) is 0 Å². The third kappa shape index (κ3) is 6.06. The molecule has 0 amide bonds. The summed E-state index contributed by atoms with van der Waals surface area (Å²) in [7, 11) is 0. The number of para-hydroxylation sites is 1. The van der Waals surface area contributed by atoms with Gasteiger partial charge in [0.25, 0.3) is 0 Å². The zero-order valence-corrected chi connectivity index (χ0v) is 13.5. The third-order valence-corrected chi connectivity index (χ3v) is 3.95. The fraction of sp³-hybridized carbons (Fsp3) is 0.611. The quantitative estimate of drug-likeness (QED) is 0.546. The first-order valence-corrected chi connectivity index (χ1v) is 8.33. The molecule has 4 heteroatoms. The van der Waals surface area contributed by atoms with Crippen LogP contribution in [0, 0.1) is 5.92 Å². The molecule has 1 aliphatic heterocycles. The molecule has 0 bridgehead atoms. The highest BCUT2D eigenvalue weighted by Crippen LogP contribution is 2.18. The number of likely N-dealkylation sites (tertiary alicyclic amines) is 1. The van der Waals surface area contributed by atoms with Crippen molar-refractivity contribution in [3.8, 4) is 5.75 Å². The standard InChI is InChI=1S/C18H27NO3/c1-2-3-12-21-18(20)14-19-11-7-8-16(13-19)15-22-17-9-5-4-6-10-17/h4-6,9-10,16H,2-3,7-8,11-15H2,1H3. The fourth-order valence-electron chi connectivity index (χ4n) is 2.72. The number of piperidine rings is 1. The van der Waals surface area contributed by atoms with Crippen molar-refractivity contribution in [1.29, 1.82) is 0 Å². The van der Waals surface area contributed by atoms with Gasteiger partial charge in [-0.05, 0) is 37.9 Å². The Bertz CT molecular complexity index is 435. The molecule has 22 heavy (non-hydrogen) atoms. The van der Waals surface area contributed by atoms with Gasteiger partial charge in [-0.2, -0.15) is 0 Å². The van der Waals surface area contributed by atoms with Gasteiger partial charge in [0.2, 0.25) is 0 Å². The first-order chi connectivity index (χ1) is 10.8. The molecule has 0 N–H and O–H groups in total. The van der Waals surface area contributed by atoms with Gasteiger partial charge < -0.3 is 9.47 Å². The van der Waals surface area contributed by atoms with E-state index in [1.165, 1.54) is 0 Å². The number of esters is 1. The van der Waals surface area contributed by atoms with Crippen molar-refractivity contribution in [3.63, 3.8) is 0 Å². The summed E-state index contributed by atoms with van der Waals surface area (Å²) >= 11 is 0. The Hall–Kier alpha value is -1.55. The molecule has 0 aliphatic carbocycles. The molecule has 2 rings (SSSR count). The lowest BCUT2D eigenvalue weighted by atomic mass is 9.99. The number of nitrogens with zero attached hydrogens (tertiary/aromatic N) is 1. The van der Waals surface area contributed by atoms with Crippen LogP contribution in [0.5, 0.6) is 5.75 Å². The normalized spacial score (nSPS) is 18.9. The van der Waals surface area contributed by atoms with Gasteiger partial charge in [-0.3, -0.25) is 9.69 Å². The molecule has 1 unspecified atom stereocenters. The second kappa shape index (κ2) is 9.46. The SMILES string of the molecule is CCCCOC(=O)CN1CCCC(COc2ccccc2)C1. The number of hydrogen-bond donors (Lipinski definition) is 0. The smallest absolute Gasteiger partial charge is 0.320 e. The van der Waals surface area contributed by atoms with Gasteiger partial charge in [-0.25, -0.2) is 0 Å². The molecule has 1 aromatic carbocycles. The average Bonchev–Trinajstić information content (AvgIpc) is 2.54. The number of benzene rings is 1. The van der Waals surface area contributed by atoms with Crippen molar-refractivity contribution in [3.05, 3.63) is 30.3 Å². The molecule has 1 heterocycles. The summed E-state index contributed by atoms with van der Waals surface area (Å²) in [6.07, 6.45) is 4.27. The van der Waals surface area contributed by atoms with Gasteiger partial charge in [0.05, 0.1) is 19.8 Å². The summed E-state index contributed by atoms with van der Waals surface area (Å²) in [5.74, 6) is 1.30. The third-order valence-electron chi connectivity index (χ3n) is 3.95. The Kier molecular flexibility index (Phi) is 7.23. The Morgan fingerprint density at radius 2 is 2.14 bits per heavy atom. The van der Waals surface area contributed by atoms with Gasteiger partial charge >= 0.3 is 5.97 Å². The van der Waals surface area contributed by atoms with Gasteiger partial charge in [0.1, 0.15) is 5.75 Å². The summed E-state index contributed by atoms with van der Waals surface area (Å²) in [4.78, 5) is 14.0. The van der Waals surface area contributed by atoms with Gasteiger partial charge in [-0.15, -0.1) is 0 Å². The summed E-state index contributed by atoms with van der Waals surface area (Å²) in [6, 6.07) is 9.90. The van der Waals surface area contributed by atoms with Gasteiger partial charge in [0, 0.05) is 12.5 Å². The number of rotatable bonds is 8. The van der Waals surface area contributed by atoms with Crippen LogP contribution in [0.1, 0.15) is 32.6 Å². The monoisotopic (exact) mass is 305 g/mol. The lowest BCUT2D eigenvalue weighted by Crippen LogP contribution is -2.41. The first-order valence-electron chi connectivity index (χ1n) is 8.33. The minimum absolute atomic E-state index is 0.0990. The number of hydrogen-bond acceptors (Lipinski definition) is 4. The molecule has 4 nitrogen and oxygen atoms in total. The van der Waals surface area contributed by atoms with Crippen molar-refractivity contribution in [2.24, 2.45) is 5.92 Å². The van der Waals surface area contributed by atoms with Crippen molar-refractivity contribution >= 4 is 5.97 Å². The summed E-state index contributed by atoms with van der Waals surface area (Å²) in [5, 5.41) is 0. The molecule has 1 saturated heterocycles. The highest BCUT2D eigenvalue weighted by Gasteiger charge is 2.22. The highest BCUT2D eigenvalue weighted by molar-refractivity contribution is 5.71. The maximum atomic E-state index is 11.8. The van der Waals surface area contributed by atoms with Crippen LogP contribution in [0.15, 0.2) is 30.3 Å². The highest BCUT2D eigenvalue weighted by atomic mass is 16.5. The van der Waals surface area contributed by atoms with Crippen LogP contribution >= 0.6 is 0 Å². The van der Waals surface area contributed by atoms with Gasteiger partial charge in [-0.1, -0.05) is 31.5 Å². The van der Waals surface area contributed by atoms with Crippen LogP contribution in [0.2, 0.25) is 0 Å². The average molecular weight is 305 g/mol. The topological polar surface area (TPSA) is 38.8 Å². The lowest BCUT2D eigenvalue weighted by Gasteiger charge is -2.31. The van der Waals surface area contributed by atoms with E-state index in [0.717, 1.165) is 44.5 Å². The zero-order valence-electron chi connectivity index (χ0n) is 13.5. The Morgan fingerprint density at radius 3 is 2.91 bits per heavy atom. The molecule has 1 fully saturated rings. The summed E-state index contributed by atoms with van der Waals surface area (Å²) in [6.45, 7) is 5.65. The maximum absolute atomic E-state index is 11.8. The number of carbonyl (C=O) groups excluding carboxylic acids is 1. The zero-order chi connectivity index (χ0) is 15.6. The van der Waals surface area contributed by atoms with Crippen molar-refractivity contribution in [2.45, 2.75) is 32.6 Å². The number of carbonyl (C=O) groups is 1. The van der Waals surface area contributed by atoms with E-state index < -0.39 is 0 Å². The molecular weight excluding hydrogens is 278 g/mol. The predicted molar refractivity (Wildman–Crippen MR) is 87.0 cm³/mol. The lowest BCUT2D eigenvalue weighted by molar-refractivity contribution is -0.145. The molecule has 0 radical (unpaired) electrons. The predicted octanol–water partition coefficient (Wildman–Crippen LogP) is 3.12. The van der Waals surface area contributed by atoms with Crippen LogP contribution in [-0.4, -0.2) is 43.7 Å². The van der Waals surface area contributed by atoms with Crippen LogP contribution in [0.25, 0.3) is 0 Å². The van der Waals surface area contributed by atoms with Crippen molar-refractivity contribution in [2.75, 3.05) is 32.8 Å². The van der Waals surface area contributed by atoms with Crippen LogP contribution in [0.3, 0.4) is 0 Å². The van der Waals surface area contributed by atoms with E-state index in [-0.39, 0.29) is 5.97 Å². The molecule has 0 spiro atoms. The summed E-state index contributed by atoms with van der Waals surface area (Å²) < 4.78 is 11.1. The molecule has 122 valence electrons. The van der Waals surface area contributed by atoms with E-state index >= 15 is 0 Å². The number of ether oxygens (including phenoxy) is 2. The molecule has 1 atom stereocenters. The second-order valence-corrected chi connectivity index (χ2v) is 5.94. The molecular formula is C18H27NO3. The Balaban J connectivity index is 1.68.